The molecule has 0 aromatic rings. The van der Waals surface area contributed by atoms with Gasteiger partial charge in [0.25, 0.3) is 0 Å². The van der Waals surface area contributed by atoms with Crippen LogP contribution in [0.25, 0.3) is 0 Å². The predicted octanol–water partition coefficient (Wildman–Crippen LogP) is 6.53. The summed E-state index contributed by atoms with van der Waals surface area (Å²) in [6.45, 7) is 24.9. The zero-order valence-corrected chi connectivity index (χ0v) is 20.7. The van der Waals surface area contributed by atoms with Crippen molar-refractivity contribution in [2.45, 2.75) is 98.4 Å². The molecule has 160 valence electrons. The van der Waals surface area contributed by atoms with Crippen molar-refractivity contribution in [3.8, 4) is 0 Å². The molecule has 0 bridgehead atoms. The van der Waals surface area contributed by atoms with Gasteiger partial charge in [-0.2, -0.15) is 0 Å². The maximum atomic E-state index is 12.0. The maximum Gasteiger partial charge on any atom is 0.407 e. The summed E-state index contributed by atoms with van der Waals surface area (Å²) >= 11 is 0. The van der Waals surface area contributed by atoms with E-state index in [0.717, 1.165) is 0 Å². The molecule has 1 atom stereocenters. The average Bonchev–Trinajstić information content (AvgIpc) is 2.46. The fraction of sp³-hybridized carbons (Fsp3) is 0.864. The number of carbonyl (C=O) groups excluding carboxylic acids is 1. The Bertz CT molecular complexity index is 443. The summed E-state index contributed by atoms with van der Waals surface area (Å²) in [6, 6.07) is 0. The molecule has 27 heavy (non-hydrogen) atoms. The largest absolute Gasteiger partial charge is 0.444 e. The van der Waals surface area contributed by atoms with Crippen molar-refractivity contribution in [1.82, 2.24) is 5.32 Å². The Hall–Kier alpha value is -0.813. The standard InChI is InChI=1S/C22H45NO3Si/c1-16(2)12-13-20(14-23-21(24)26-22(9,10)11)15-25-27(17(3)4,18(5)6)19(7)8/h12-13,16-20H,14-15H2,1-11H3,(H,23,24)/b13-12+/t20-/m1/s1. The molecule has 0 heterocycles. The highest BCUT2D eigenvalue weighted by molar-refractivity contribution is 6.77. The van der Waals surface area contributed by atoms with Crippen LogP contribution in [0.5, 0.6) is 0 Å². The molecule has 1 N–H and O–H groups in total. The first kappa shape index (κ1) is 26.2. The highest BCUT2D eigenvalue weighted by Gasteiger charge is 2.45. The summed E-state index contributed by atoms with van der Waals surface area (Å²) in [7, 11) is -1.92. The molecule has 0 fully saturated rings. The van der Waals surface area contributed by atoms with Gasteiger partial charge in [0.05, 0.1) is 0 Å². The highest BCUT2D eigenvalue weighted by Crippen LogP contribution is 2.42. The van der Waals surface area contributed by atoms with Gasteiger partial charge in [-0.15, -0.1) is 0 Å². The van der Waals surface area contributed by atoms with E-state index in [1.54, 1.807) is 0 Å². The van der Waals surface area contributed by atoms with Gasteiger partial charge >= 0.3 is 6.09 Å². The van der Waals surface area contributed by atoms with Crippen LogP contribution >= 0.6 is 0 Å². The molecule has 4 nitrogen and oxygen atoms in total. The molecule has 0 spiro atoms. The lowest BCUT2D eigenvalue weighted by Crippen LogP contribution is -2.49. The summed E-state index contributed by atoms with van der Waals surface area (Å²) in [6.07, 6.45) is 4.00. The van der Waals surface area contributed by atoms with Crippen LogP contribution in [0.1, 0.15) is 76.2 Å². The van der Waals surface area contributed by atoms with Crippen molar-refractivity contribution in [1.29, 1.82) is 0 Å². The number of rotatable bonds is 10. The third kappa shape index (κ3) is 9.29. The molecule has 0 aromatic heterocycles. The zero-order valence-electron chi connectivity index (χ0n) is 19.7. The minimum absolute atomic E-state index is 0.142. The van der Waals surface area contributed by atoms with Gasteiger partial charge in [0.15, 0.2) is 8.32 Å². The monoisotopic (exact) mass is 399 g/mol. The molecule has 0 rings (SSSR count). The molecular weight excluding hydrogens is 354 g/mol. The first-order valence-electron chi connectivity index (χ1n) is 10.5. The number of carbonyl (C=O) groups is 1. The Kier molecular flexibility index (Phi) is 10.9. The van der Waals surface area contributed by atoms with E-state index in [1.807, 2.05) is 20.8 Å². The van der Waals surface area contributed by atoms with Crippen molar-refractivity contribution in [2.24, 2.45) is 11.8 Å². The minimum Gasteiger partial charge on any atom is -0.444 e. The summed E-state index contributed by atoms with van der Waals surface area (Å²) in [5.41, 5.74) is 1.15. The molecule has 0 saturated heterocycles. The van der Waals surface area contributed by atoms with E-state index in [2.05, 4.69) is 72.9 Å². The molecule has 0 aromatic carbocycles. The van der Waals surface area contributed by atoms with Gasteiger partial charge in [0.1, 0.15) is 5.60 Å². The second-order valence-electron chi connectivity index (χ2n) is 9.90. The number of alkyl carbamates (subject to hydrolysis) is 1. The predicted molar refractivity (Wildman–Crippen MR) is 119 cm³/mol. The van der Waals surface area contributed by atoms with E-state index in [9.17, 15) is 4.79 Å². The van der Waals surface area contributed by atoms with Gasteiger partial charge < -0.3 is 14.5 Å². The van der Waals surface area contributed by atoms with Crippen LogP contribution in [0.3, 0.4) is 0 Å². The smallest absolute Gasteiger partial charge is 0.407 e. The van der Waals surface area contributed by atoms with Gasteiger partial charge in [-0.05, 0) is 43.3 Å². The van der Waals surface area contributed by atoms with Crippen LogP contribution in [0.2, 0.25) is 16.6 Å². The first-order valence-corrected chi connectivity index (χ1v) is 12.7. The second kappa shape index (κ2) is 11.3. The number of hydrogen-bond acceptors (Lipinski definition) is 3. The van der Waals surface area contributed by atoms with Crippen LogP contribution in [0.15, 0.2) is 12.2 Å². The van der Waals surface area contributed by atoms with Crippen molar-refractivity contribution in [3.05, 3.63) is 12.2 Å². The van der Waals surface area contributed by atoms with Crippen LogP contribution in [-0.4, -0.2) is 33.2 Å². The second-order valence-corrected chi connectivity index (χ2v) is 15.4. The molecule has 0 unspecified atom stereocenters. The van der Waals surface area contributed by atoms with Crippen molar-refractivity contribution < 1.29 is 14.0 Å². The fourth-order valence-electron chi connectivity index (χ4n) is 3.84. The fourth-order valence-corrected chi connectivity index (χ4v) is 9.34. The van der Waals surface area contributed by atoms with Crippen LogP contribution < -0.4 is 5.32 Å². The summed E-state index contributed by atoms with van der Waals surface area (Å²) < 4.78 is 12.1. The minimum atomic E-state index is -1.92. The Morgan fingerprint density at radius 2 is 1.41 bits per heavy atom. The van der Waals surface area contributed by atoms with Gasteiger partial charge in [-0.1, -0.05) is 67.5 Å². The summed E-state index contributed by atoms with van der Waals surface area (Å²) in [5, 5.41) is 2.91. The van der Waals surface area contributed by atoms with Crippen LogP contribution in [-0.2, 0) is 9.16 Å². The normalized spacial score (nSPS) is 14.6. The van der Waals surface area contributed by atoms with E-state index in [1.165, 1.54) is 0 Å². The Balaban J connectivity index is 5.17. The Labute approximate surface area is 169 Å². The lowest BCUT2D eigenvalue weighted by atomic mass is 10.1. The quantitative estimate of drug-likeness (QED) is 0.335. The lowest BCUT2D eigenvalue weighted by Gasteiger charge is -2.42. The summed E-state index contributed by atoms with van der Waals surface area (Å²) in [5.74, 6) is 0.611. The Morgan fingerprint density at radius 1 is 0.926 bits per heavy atom. The third-order valence-electron chi connectivity index (χ3n) is 4.93. The third-order valence-corrected chi connectivity index (χ3v) is 11.0. The molecule has 0 aliphatic heterocycles. The maximum absolute atomic E-state index is 12.0. The molecule has 0 saturated carbocycles. The average molecular weight is 400 g/mol. The van der Waals surface area contributed by atoms with Crippen LogP contribution in [0.4, 0.5) is 4.79 Å². The topological polar surface area (TPSA) is 47.6 Å². The van der Waals surface area contributed by atoms with Gasteiger partial charge in [0.2, 0.25) is 0 Å². The number of ether oxygens (including phenoxy) is 1. The lowest BCUT2D eigenvalue weighted by molar-refractivity contribution is 0.0518. The van der Waals surface area contributed by atoms with E-state index >= 15 is 0 Å². The van der Waals surface area contributed by atoms with Crippen molar-refractivity contribution >= 4 is 14.4 Å². The molecule has 5 heteroatoms. The number of hydrogen-bond donors (Lipinski definition) is 1. The van der Waals surface area contributed by atoms with Gasteiger partial charge in [0, 0.05) is 19.1 Å². The van der Waals surface area contributed by atoms with E-state index in [4.69, 9.17) is 9.16 Å². The van der Waals surface area contributed by atoms with E-state index in [0.29, 0.717) is 35.7 Å². The van der Waals surface area contributed by atoms with Gasteiger partial charge in [-0.25, -0.2) is 4.79 Å². The summed E-state index contributed by atoms with van der Waals surface area (Å²) in [4.78, 5) is 12.0. The number of allylic oxidation sites excluding steroid dienone is 1. The van der Waals surface area contributed by atoms with Crippen molar-refractivity contribution in [2.75, 3.05) is 13.2 Å². The molecular formula is C22H45NO3Si. The molecule has 0 aliphatic rings. The molecule has 0 aliphatic carbocycles. The first-order chi connectivity index (χ1) is 12.2. The van der Waals surface area contributed by atoms with Gasteiger partial charge in [-0.3, -0.25) is 0 Å². The number of nitrogens with one attached hydrogen (secondary N) is 1. The highest BCUT2D eigenvalue weighted by atomic mass is 28.4. The van der Waals surface area contributed by atoms with Crippen LogP contribution in [0, 0.1) is 11.8 Å². The zero-order chi connectivity index (χ0) is 21.4. The number of amides is 1. The molecule has 1 amide bonds. The van der Waals surface area contributed by atoms with Crippen molar-refractivity contribution in [3.63, 3.8) is 0 Å². The Morgan fingerprint density at radius 3 is 1.78 bits per heavy atom. The van der Waals surface area contributed by atoms with E-state index < -0.39 is 13.9 Å². The molecule has 0 radical (unpaired) electrons. The van der Waals surface area contributed by atoms with E-state index in [-0.39, 0.29) is 12.0 Å². The SMILES string of the molecule is CC(C)/C=C/[C@H](CNC(=O)OC(C)(C)C)CO[Si](C(C)C)(C(C)C)C(C)C.